The van der Waals surface area contributed by atoms with Crippen molar-refractivity contribution in [1.82, 2.24) is 15.0 Å². The van der Waals surface area contributed by atoms with E-state index in [2.05, 4.69) is 10.1 Å². The van der Waals surface area contributed by atoms with E-state index in [4.69, 9.17) is 32.5 Å². The predicted octanol–water partition coefficient (Wildman–Crippen LogP) is 4.47. The Labute approximate surface area is 166 Å². The third-order valence-electron chi connectivity index (χ3n) is 3.82. The molecule has 0 aliphatic heterocycles. The second-order valence-corrected chi connectivity index (χ2v) is 6.69. The molecular weight excluding hydrogens is 389 g/mol. The van der Waals surface area contributed by atoms with Crippen molar-refractivity contribution in [2.24, 2.45) is 0 Å². The number of halogens is 2. The van der Waals surface area contributed by atoms with Gasteiger partial charge in [0.15, 0.2) is 6.10 Å². The van der Waals surface area contributed by atoms with Gasteiger partial charge in [-0.2, -0.15) is 4.98 Å². The third kappa shape index (κ3) is 4.59. The van der Waals surface area contributed by atoms with Crippen LogP contribution in [0.1, 0.15) is 12.8 Å². The molecule has 0 aliphatic carbocycles. The molecular formula is C19H17Cl2N3O3. The van der Waals surface area contributed by atoms with Gasteiger partial charge in [0.05, 0.1) is 16.6 Å². The lowest BCUT2D eigenvalue weighted by Gasteiger charge is -2.21. The lowest BCUT2D eigenvalue weighted by Crippen LogP contribution is -2.37. The number of hydrogen-bond donors (Lipinski definition) is 0. The molecule has 27 heavy (non-hydrogen) atoms. The predicted molar refractivity (Wildman–Crippen MR) is 103 cm³/mol. The van der Waals surface area contributed by atoms with Gasteiger partial charge in [-0.3, -0.25) is 4.79 Å². The average molecular weight is 406 g/mol. The summed E-state index contributed by atoms with van der Waals surface area (Å²) in [6.07, 6.45) is -0.721. The molecule has 0 N–H and O–H groups in total. The van der Waals surface area contributed by atoms with Gasteiger partial charge in [-0.25, -0.2) is 0 Å². The Morgan fingerprint density at radius 2 is 1.81 bits per heavy atom. The van der Waals surface area contributed by atoms with Crippen LogP contribution in [0.5, 0.6) is 5.75 Å². The second kappa shape index (κ2) is 8.41. The normalized spacial score (nSPS) is 11.9. The zero-order valence-electron chi connectivity index (χ0n) is 14.7. The second-order valence-electron chi connectivity index (χ2n) is 5.88. The molecule has 140 valence electrons. The van der Waals surface area contributed by atoms with Crippen molar-refractivity contribution in [2.45, 2.75) is 19.6 Å². The molecule has 0 saturated heterocycles. The first-order valence-corrected chi connectivity index (χ1v) is 8.95. The lowest BCUT2D eigenvalue weighted by atomic mass is 10.2. The Morgan fingerprint density at radius 1 is 1.15 bits per heavy atom. The quantitative estimate of drug-likeness (QED) is 0.604. The number of benzene rings is 2. The Kier molecular flexibility index (Phi) is 5.98. The van der Waals surface area contributed by atoms with Crippen LogP contribution in [0.25, 0.3) is 11.4 Å². The maximum Gasteiger partial charge on any atom is 0.263 e. The Balaban J connectivity index is 1.65. The highest BCUT2D eigenvalue weighted by atomic mass is 35.5. The van der Waals surface area contributed by atoms with Gasteiger partial charge in [0.25, 0.3) is 5.91 Å². The first kappa shape index (κ1) is 19.2. The number of carbonyl (C=O) groups is 1. The van der Waals surface area contributed by atoms with Crippen LogP contribution in [-0.2, 0) is 11.3 Å². The van der Waals surface area contributed by atoms with E-state index in [-0.39, 0.29) is 12.5 Å². The standard InChI is InChI=1S/C19H17Cl2N3O3/c1-12(26-16-10-6-5-9-15(16)21)19(25)24(2)11-17-22-18(23-27-17)13-7-3-4-8-14(13)20/h3-10,12H,11H2,1-2H3/t12-/m0/s1. The monoisotopic (exact) mass is 405 g/mol. The van der Waals surface area contributed by atoms with Gasteiger partial charge in [0, 0.05) is 12.6 Å². The van der Waals surface area contributed by atoms with E-state index in [1.54, 1.807) is 50.4 Å². The Bertz CT molecular complexity index is 945. The molecule has 6 nitrogen and oxygen atoms in total. The number of para-hydroxylation sites is 1. The number of carbonyl (C=O) groups excluding carboxylic acids is 1. The van der Waals surface area contributed by atoms with E-state index in [1.165, 1.54) is 4.90 Å². The van der Waals surface area contributed by atoms with Gasteiger partial charge in [-0.15, -0.1) is 0 Å². The van der Waals surface area contributed by atoms with Crippen molar-refractivity contribution in [3.8, 4) is 17.1 Å². The highest BCUT2D eigenvalue weighted by molar-refractivity contribution is 6.33. The van der Waals surface area contributed by atoms with Gasteiger partial charge in [-0.05, 0) is 31.2 Å². The molecule has 0 aliphatic rings. The number of amides is 1. The van der Waals surface area contributed by atoms with Crippen LogP contribution in [-0.4, -0.2) is 34.1 Å². The molecule has 1 amide bonds. The summed E-state index contributed by atoms with van der Waals surface area (Å²) in [4.78, 5) is 18.3. The molecule has 0 bridgehead atoms. The van der Waals surface area contributed by atoms with Gasteiger partial charge in [0.2, 0.25) is 11.7 Å². The molecule has 1 aromatic heterocycles. The molecule has 1 atom stereocenters. The summed E-state index contributed by atoms with van der Waals surface area (Å²) < 4.78 is 10.9. The van der Waals surface area contributed by atoms with Crippen LogP contribution in [0.2, 0.25) is 10.0 Å². The number of nitrogens with zero attached hydrogens (tertiary/aromatic N) is 3. The molecule has 0 radical (unpaired) electrons. The summed E-state index contributed by atoms with van der Waals surface area (Å²) in [7, 11) is 1.63. The largest absolute Gasteiger partial charge is 0.479 e. The van der Waals surface area contributed by atoms with Crippen molar-refractivity contribution in [3.05, 3.63) is 64.5 Å². The number of aromatic nitrogens is 2. The summed E-state index contributed by atoms with van der Waals surface area (Å²) in [5.74, 6) is 0.877. The topological polar surface area (TPSA) is 68.5 Å². The zero-order valence-corrected chi connectivity index (χ0v) is 16.2. The molecule has 3 rings (SSSR count). The van der Waals surface area contributed by atoms with Crippen molar-refractivity contribution in [3.63, 3.8) is 0 Å². The minimum absolute atomic E-state index is 0.145. The van der Waals surface area contributed by atoms with E-state index in [1.807, 2.05) is 12.1 Å². The van der Waals surface area contributed by atoms with Crippen LogP contribution < -0.4 is 4.74 Å². The Hall–Kier alpha value is -2.57. The number of likely N-dealkylation sites (N-methyl/N-ethyl adjacent to an activating group) is 1. The average Bonchev–Trinajstić information content (AvgIpc) is 3.11. The molecule has 1 heterocycles. The van der Waals surface area contributed by atoms with Gasteiger partial charge < -0.3 is 14.2 Å². The van der Waals surface area contributed by atoms with Crippen molar-refractivity contribution in [1.29, 1.82) is 0 Å². The molecule has 8 heteroatoms. The first-order chi connectivity index (χ1) is 13.0. The molecule has 0 unspecified atom stereocenters. The van der Waals surface area contributed by atoms with Crippen LogP contribution in [0.3, 0.4) is 0 Å². The van der Waals surface area contributed by atoms with E-state index < -0.39 is 6.10 Å². The van der Waals surface area contributed by atoms with Crippen LogP contribution in [0.15, 0.2) is 53.1 Å². The smallest absolute Gasteiger partial charge is 0.263 e. The highest BCUT2D eigenvalue weighted by Gasteiger charge is 2.22. The number of rotatable bonds is 6. The summed E-state index contributed by atoms with van der Waals surface area (Å²) in [6.45, 7) is 1.80. The Morgan fingerprint density at radius 3 is 2.52 bits per heavy atom. The van der Waals surface area contributed by atoms with Gasteiger partial charge >= 0.3 is 0 Å². The molecule has 3 aromatic rings. The fourth-order valence-corrected chi connectivity index (χ4v) is 2.84. The molecule has 0 spiro atoms. The fourth-order valence-electron chi connectivity index (χ4n) is 2.44. The van der Waals surface area contributed by atoms with Crippen LogP contribution >= 0.6 is 23.2 Å². The summed E-state index contributed by atoms with van der Waals surface area (Å²) in [5.41, 5.74) is 0.665. The summed E-state index contributed by atoms with van der Waals surface area (Å²) in [5, 5.41) is 4.90. The summed E-state index contributed by atoms with van der Waals surface area (Å²) in [6, 6.07) is 14.2. The van der Waals surface area contributed by atoms with E-state index in [0.29, 0.717) is 33.1 Å². The molecule has 2 aromatic carbocycles. The van der Waals surface area contributed by atoms with Crippen molar-refractivity contribution in [2.75, 3.05) is 7.05 Å². The first-order valence-electron chi connectivity index (χ1n) is 8.19. The van der Waals surface area contributed by atoms with E-state index in [9.17, 15) is 4.79 Å². The zero-order chi connectivity index (χ0) is 19.4. The molecule has 0 fully saturated rings. The van der Waals surface area contributed by atoms with E-state index in [0.717, 1.165) is 0 Å². The van der Waals surface area contributed by atoms with Gasteiger partial charge in [-0.1, -0.05) is 52.6 Å². The van der Waals surface area contributed by atoms with Crippen molar-refractivity contribution >= 4 is 29.1 Å². The van der Waals surface area contributed by atoms with Crippen molar-refractivity contribution < 1.29 is 14.1 Å². The van der Waals surface area contributed by atoms with Crippen LogP contribution in [0, 0.1) is 0 Å². The minimum atomic E-state index is -0.721. The highest BCUT2D eigenvalue weighted by Crippen LogP contribution is 2.26. The maximum atomic E-state index is 12.5. The molecule has 0 saturated carbocycles. The van der Waals surface area contributed by atoms with Gasteiger partial charge in [0.1, 0.15) is 5.75 Å². The summed E-state index contributed by atoms with van der Waals surface area (Å²) >= 11 is 12.2. The van der Waals surface area contributed by atoms with E-state index >= 15 is 0 Å². The number of hydrogen-bond acceptors (Lipinski definition) is 5. The maximum absolute atomic E-state index is 12.5. The third-order valence-corrected chi connectivity index (χ3v) is 4.46. The number of ether oxygens (including phenoxy) is 1. The van der Waals surface area contributed by atoms with Crippen LogP contribution in [0.4, 0.5) is 0 Å². The SMILES string of the molecule is C[C@H](Oc1ccccc1Cl)C(=O)N(C)Cc1nc(-c2ccccc2Cl)no1. The fraction of sp³-hybridized carbons (Fsp3) is 0.211. The minimum Gasteiger partial charge on any atom is -0.479 e. The lowest BCUT2D eigenvalue weighted by molar-refractivity contribution is -0.137.